The molecule has 30 heavy (non-hydrogen) atoms. The van der Waals surface area contributed by atoms with Crippen molar-refractivity contribution in [1.82, 2.24) is 10.6 Å². The van der Waals surface area contributed by atoms with Crippen LogP contribution in [-0.2, 0) is 16.4 Å². The number of halogens is 1. The fourth-order valence-corrected chi connectivity index (χ4v) is 4.37. The number of para-hydroxylation sites is 1. The SMILES string of the molecule is C=CCOc1ccccc1CNC(=NC)NC(CC)CS(=O)(=O)c1ccccc1.I. The molecule has 0 aromatic heterocycles. The molecule has 0 spiro atoms. The summed E-state index contributed by atoms with van der Waals surface area (Å²) in [5.41, 5.74) is 0.974. The van der Waals surface area contributed by atoms with E-state index in [1.807, 2.05) is 31.2 Å². The van der Waals surface area contributed by atoms with Crippen LogP contribution in [0.4, 0.5) is 0 Å². The monoisotopic (exact) mass is 543 g/mol. The molecule has 0 amide bonds. The van der Waals surface area contributed by atoms with Crippen molar-refractivity contribution in [2.24, 2.45) is 4.99 Å². The third kappa shape index (κ3) is 7.98. The summed E-state index contributed by atoms with van der Waals surface area (Å²) in [4.78, 5) is 4.56. The standard InChI is InChI=1S/C22H29N3O3S.HI/c1-4-15-28-21-14-10-9-11-18(21)16-24-22(23-3)25-19(5-2)17-29(26,27)20-12-7-6-8-13-20;/h4,6-14,19H,1,5,15-17H2,2-3H3,(H2,23,24,25);1H. The van der Waals surface area contributed by atoms with Crippen molar-refractivity contribution in [3.63, 3.8) is 0 Å². The third-order valence-corrected chi connectivity index (χ3v) is 6.19. The molecule has 0 fully saturated rings. The molecule has 0 heterocycles. The van der Waals surface area contributed by atoms with Crippen LogP contribution >= 0.6 is 24.0 Å². The molecule has 164 valence electrons. The number of hydrogen-bond acceptors (Lipinski definition) is 4. The smallest absolute Gasteiger partial charge is 0.191 e. The van der Waals surface area contributed by atoms with Crippen molar-refractivity contribution >= 4 is 39.8 Å². The van der Waals surface area contributed by atoms with Gasteiger partial charge in [-0.2, -0.15) is 0 Å². The zero-order valence-electron chi connectivity index (χ0n) is 17.4. The lowest BCUT2D eigenvalue weighted by Crippen LogP contribution is -2.45. The van der Waals surface area contributed by atoms with Crippen molar-refractivity contribution in [3.8, 4) is 5.75 Å². The van der Waals surface area contributed by atoms with Crippen LogP contribution in [0.25, 0.3) is 0 Å². The molecule has 2 aromatic rings. The van der Waals surface area contributed by atoms with Gasteiger partial charge in [0.1, 0.15) is 12.4 Å². The second-order valence-electron chi connectivity index (χ2n) is 6.48. The first kappa shape index (κ1) is 26.0. The minimum Gasteiger partial charge on any atom is -0.489 e. The number of benzene rings is 2. The van der Waals surface area contributed by atoms with E-state index in [-0.39, 0.29) is 35.8 Å². The highest BCUT2D eigenvalue weighted by atomic mass is 127. The van der Waals surface area contributed by atoms with E-state index in [0.717, 1.165) is 11.3 Å². The Balaban J connectivity index is 0.00000450. The van der Waals surface area contributed by atoms with Crippen LogP contribution in [0.2, 0.25) is 0 Å². The first-order valence-electron chi connectivity index (χ1n) is 9.56. The van der Waals surface area contributed by atoms with Crippen molar-refractivity contribution in [2.45, 2.75) is 30.8 Å². The van der Waals surface area contributed by atoms with Crippen molar-refractivity contribution < 1.29 is 13.2 Å². The highest BCUT2D eigenvalue weighted by Gasteiger charge is 2.21. The first-order valence-corrected chi connectivity index (χ1v) is 11.2. The number of rotatable bonds is 10. The molecule has 0 aliphatic rings. The molecular weight excluding hydrogens is 513 g/mol. The van der Waals surface area contributed by atoms with Crippen LogP contribution in [0, 0.1) is 0 Å². The molecule has 0 bridgehead atoms. The zero-order valence-corrected chi connectivity index (χ0v) is 20.5. The van der Waals surface area contributed by atoms with Gasteiger partial charge < -0.3 is 15.4 Å². The Morgan fingerprint density at radius 3 is 2.47 bits per heavy atom. The maximum atomic E-state index is 12.7. The Hall–Kier alpha value is -2.07. The lowest BCUT2D eigenvalue weighted by atomic mass is 10.2. The summed E-state index contributed by atoms with van der Waals surface area (Å²) >= 11 is 0. The number of ether oxygens (including phenoxy) is 1. The molecule has 2 N–H and O–H groups in total. The lowest BCUT2D eigenvalue weighted by molar-refractivity contribution is 0.358. The van der Waals surface area contributed by atoms with Crippen LogP contribution in [0.3, 0.4) is 0 Å². The Kier molecular flexibility index (Phi) is 11.5. The van der Waals surface area contributed by atoms with Gasteiger partial charge in [0.2, 0.25) is 0 Å². The quantitative estimate of drug-likeness (QED) is 0.206. The molecule has 1 unspecified atom stereocenters. The van der Waals surface area contributed by atoms with Crippen LogP contribution in [-0.4, -0.2) is 39.8 Å². The van der Waals surface area contributed by atoms with Crippen LogP contribution < -0.4 is 15.4 Å². The van der Waals surface area contributed by atoms with E-state index in [9.17, 15) is 8.42 Å². The highest BCUT2D eigenvalue weighted by Crippen LogP contribution is 2.17. The topological polar surface area (TPSA) is 79.8 Å². The Bertz CT molecular complexity index is 918. The third-order valence-electron chi connectivity index (χ3n) is 4.36. The van der Waals surface area contributed by atoms with Crippen molar-refractivity contribution in [2.75, 3.05) is 19.4 Å². The van der Waals surface area contributed by atoms with Gasteiger partial charge in [-0.25, -0.2) is 8.42 Å². The van der Waals surface area contributed by atoms with E-state index in [2.05, 4.69) is 22.2 Å². The molecular formula is C22H30IN3O3S. The Morgan fingerprint density at radius 1 is 1.17 bits per heavy atom. The first-order chi connectivity index (χ1) is 14.0. The summed E-state index contributed by atoms with van der Waals surface area (Å²) in [7, 11) is -1.72. The number of guanidine groups is 1. The average molecular weight is 543 g/mol. The van der Waals surface area contributed by atoms with Gasteiger partial charge in [0.25, 0.3) is 0 Å². The Morgan fingerprint density at radius 2 is 1.83 bits per heavy atom. The van der Waals surface area contributed by atoms with Gasteiger partial charge in [-0.3, -0.25) is 4.99 Å². The molecule has 0 radical (unpaired) electrons. The van der Waals surface area contributed by atoms with Crippen LogP contribution in [0.5, 0.6) is 5.75 Å². The van der Waals surface area contributed by atoms with Gasteiger partial charge in [0.05, 0.1) is 10.6 Å². The van der Waals surface area contributed by atoms with E-state index < -0.39 is 9.84 Å². The summed E-state index contributed by atoms with van der Waals surface area (Å²) in [6, 6.07) is 16.0. The van der Waals surface area contributed by atoms with E-state index in [1.165, 1.54) is 0 Å². The van der Waals surface area contributed by atoms with Gasteiger partial charge in [-0.15, -0.1) is 24.0 Å². The molecule has 0 aliphatic carbocycles. The fraction of sp³-hybridized carbons (Fsp3) is 0.318. The fourth-order valence-electron chi connectivity index (χ4n) is 2.76. The van der Waals surface area contributed by atoms with E-state index in [0.29, 0.717) is 30.4 Å². The van der Waals surface area contributed by atoms with E-state index >= 15 is 0 Å². The molecule has 0 saturated carbocycles. The van der Waals surface area contributed by atoms with Gasteiger partial charge >= 0.3 is 0 Å². The summed E-state index contributed by atoms with van der Waals surface area (Å²) in [5, 5.41) is 6.45. The van der Waals surface area contributed by atoms with Crippen molar-refractivity contribution in [3.05, 3.63) is 72.8 Å². The number of sulfone groups is 1. The minimum absolute atomic E-state index is 0. The maximum absolute atomic E-state index is 12.7. The van der Waals surface area contributed by atoms with Crippen molar-refractivity contribution in [1.29, 1.82) is 0 Å². The molecule has 1 atom stereocenters. The number of nitrogens with zero attached hydrogens (tertiary/aromatic N) is 1. The largest absolute Gasteiger partial charge is 0.489 e. The summed E-state index contributed by atoms with van der Waals surface area (Å²) in [6.45, 7) is 6.54. The number of hydrogen-bond donors (Lipinski definition) is 2. The summed E-state index contributed by atoms with van der Waals surface area (Å²) in [5.74, 6) is 1.31. The number of nitrogens with one attached hydrogen (secondary N) is 2. The molecule has 2 rings (SSSR count). The zero-order chi connectivity index (χ0) is 21.1. The normalized spacial score (nSPS) is 12.4. The predicted molar refractivity (Wildman–Crippen MR) is 133 cm³/mol. The molecule has 6 nitrogen and oxygen atoms in total. The second kappa shape index (κ2) is 13.3. The van der Waals surface area contributed by atoms with Crippen LogP contribution in [0.15, 0.2) is 77.1 Å². The predicted octanol–water partition coefficient (Wildman–Crippen LogP) is 3.79. The molecule has 8 heteroatoms. The van der Waals surface area contributed by atoms with Gasteiger partial charge in [-0.1, -0.05) is 56.0 Å². The van der Waals surface area contributed by atoms with Gasteiger partial charge in [-0.05, 0) is 24.6 Å². The lowest BCUT2D eigenvalue weighted by Gasteiger charge is -2.21. The average Bonchev–Trinajstić information content (AvgIpc) is 2.75. The van der Waals surface area contributed by atoms with E-state index in [4.69, 9.17) is 4.74 Å². The highest BCUT2D eigenvalue weighted by molar-refractivity contribution is 14.0. The summed E-state index contributed by atoms with van der Waals surface area (Å²) in [6.07, 6.45) is 2.34. The van der Waals surface area contributed by atoms with E-state index in [1.54, 1.807) is 43.5 Å². The molecule has 2 aromatic carbocycles. The number of aliphatic imine (C=N–C) groups is 1. The summed E-state index contributed by atoms with van der Waals surface area (Å²) < 4.78 is 31.0. The molecule has 0 saturated heterocycles. The van der Waals surface area contributed by atoms with Gasteiger partial charge in [0.15, 0.2) is 15.8 Å². The minimum atomic E-state index is -3.38. The maximum Gasteiger partial charge on any atom is 0.191 e. The van der Waals surface area contributed by atoms with Crippen LogP contribution in [0.1, 0.15) is 18.9 Å². The molecule has 0 aliphatic heterocycles. The second-order valence-corrected chi connectivity index (χ2v) is 8.51. The Labute approximate surface area is 196 Å². The van der Waals surface area contributed by atoms with Gasteiger partial charge in [0, 0.05) is 25.2 Å².